The van der Waals surface area contributed by atoms with E-state index in [1.54, 1.807) is 0 Å². The maximum absolute atomic E-state index is 12.7. The van der Waals surface area contributed by atoms with Gasteiger partial charge in [-0.25, -0.2) is 0 Å². The lowest BCUT2D eigenvalue weighted by Crippen LogP contribution is -2.47. The number of piperidine rings is 1. The highest BCUT2D eigenvalue weighted by atomic mass is 32.1. The van der Waals surface area contributed by atoms with E-state index in [0.29, 0.717) is 18.3 Å². The van der Waals surface area contributed by atoms with Gasteiger partial charge in [0.05, 0.1) is 5.56 Å². The molecule has 1 unspecified atom stereocenters. The molecule has 0 spiro atoms. The van der Waals surface area contributed by atoms with Crippen LogP contribution in [0.3, 0.4) is 0 Å². The maximum atomic E-state index is 12.7. The van der Waals surface area contributed by atoms with Crippen molar-refractivity contribution < 1.29 is 14.1 Å². The summed E-state index contributed by atoms with van der Waals surface area (Å²) in [4.78, 5) is 19.1. The van der Waals surface area contributed by atoms with Gasteiger partial charge in [0, 0.05) is 23.9 Å². The van der Waals surface area contributed by atoms with E-state index in [1.165, 1.54) is 11.3 Å². The van der Waals surface area contributed by atoms with Gasteiger partial charge in [-0.05, 0) is 36.4 Å². The second-order valence-corrected chi connectivity index (χ2v) is 7.80. The number of carbonyl (C=O) groups excluding carboxylic acids is 1. The number of amides is 1. The number of ether oxygens (including phenoxy) is 1. The van der Waals surface area contributed by atoms with Crippen LogP contribution in [0.5, 0.6) is 5.75 Å². The van der Waals surface area contributed by atoms with E-state index in [4.69, 9.17) is 9.26 Å². The fraction of sp³-hybridized carbons (Fsp3) is 0.350. The van der Waals surface area contributed by atoms with E-state index >= 15 is 0 Å². The number of para-hydroxylation sites is 1. The Morgan fingerprint density at radius 2 is 2.19 bits per heavy atom. The van der Waals surface area contributed by atoms with Crippen LogP contribution in [0, 0.1) is 0 Å². The number of hydrogen-bond acceptors (Lipinski definition) is 6. The van der Waals surface area contributed by atoms with E-state index in [1.807, 2.05) is 52.1 Å². The number of carbonyl (C=O) groups is 1. The van der Waals surface area contributed by atoms with E-state index in [2.05, 4.69) is 17.1 Å². The molecule has 0 saturated carbocycles. The Labute approximate surface area is 161 Å². The lowest BCUT2D eigenvalue weighted by atomic mass is 9.81. The number of thiophene rings is 1. The molecule has 3 aromatic rings. The Morgan fingerprint density at radius 1 is 1.33 bits per heavy atom. The third-order valence-electron chi connectivity index (χ3n) is 4.87. The molecule has 3 heterocycles. The molecule has 1 aromatic carbocycles. The molecular weight excluding hydrogens is 362 g/mol. The number of aromatic nitrogens is 2. The topological polar surface area (TPSA) is 68.5 Å². The Bertz CT molecular complexity index is 894. The van der Waals surface area contributed by atoms with Crippen molar-refractivity contribution in [3.8, 4) is 5.75 Å². The summed E-state index contributed by atoms with van der Waals surface area (Å²) in [6.07, 6.45) is 1.83. The van der Waals surface area contributed by atoms with E-state index in [9.17, 15) is 4.79 Å². The standard InChI is InChI=1S/C20H21N3O3S/c1-20(9-5-10-23(14-20)18(24)15-8-11-27-13-15)19-21-17(26-22-19)12-25-16-6-3-2-4-7-16/h2-4,6-8,11,13H,5,9-10,12,14H2,1H3. The van der Waals surface area contributed by atoms with Crippen LogP contribution in [0.15, 0.2) is 51.7 Å². The number of hydrogen-bond donors (Lipinski definition) is 0. The quantitative estimate of drug-likeness (QED) is 0.668. The SMILES string of the molecule is CC1(c2noc(COc3ccccc3)n2)CCCN(C(=O)c2ccsc2)C1. The minimum Gasteiger partial charge on any atom is -0.484 e. The van der Waals surface area contributed by atoms with Gasteiger partial charge in [-0.2, -0.15) is 16.3 Å². The molecule has 1 fully saturated rings. The second kappa shape index (κ2) is 7.52. The van der Waals surface area contributed by atoms with Gasteiger partial charge in [0.2, 0.25) is 0 Å². The van der Waals surface area contributed by atoms with E-state index in [-0.39, 0.29) is 17.9 Å². The van der Waals surface area contributed by atoms with Crippen LogP contribution in [-0.2, 0) is 12.0 Å². The molecule has 1 aliphatic heterocycles. The van der Waals surface area contributed by atoms with Crippen molar-refractivity contribution >= 4 is 17.2 Å². The van der Waals surface area contributed by atoms with Crippen LogP contribution >= 0.6 is 11.3 Å². The first kappa shape index (κ1) is 17.7. The zero-order valence-corrected chi connectivity index (χ0v) is 15.9. The molecule has 140 valence electrons. The monoisotopic (exact) mass is 383 g/mol. The predicted molar refractivity (Wildman–Crippen MR) is 102 cm³/mol. The first-order valence-corrected chi connectivity index (χ1v) is 9.91. The lowest BCUT2D eigenvalue weighted by Gasteiger charge is -2.38. The van der Waals surface area contributed by atoms with Gasteiger partial charge in [-0.15, -0.1) is 0 Å². The van der Waals surface area contributed by atoms with Crippen molar-refractivity contribution in [3.05, 3.63) is 64.4 Å². The molecule has 27 heavy (non-hydrogen) atoms. The van der Waals surface area contributed by atoms with Crippen molar-refractivity contribution in [1.82, 2.24) is 15.0 Å². The van der Waals surface area contributed by atoms with Gasteiger partial charge < -0.3 is 14.2 Å². The van der Waals surface area contributed by atoms with Gasteiger partial charge in [0.25, 0.3) is 11.8 Å². The molecular formula is C20H21N3O3S. The first-order chi connectivity index (χ1) is 13.1. The molecule has 1 saturated heterocycles. The number of nitrogens with zero attached hydrogens (tertiary/aromatic N) is 3. The van der Waals surface area contributed by atoms with Gasteiger partial charge in [-0.1, -0.05) is 30.3 Å². The summed E-state index contributed by atoms with van der Waals surface area (Å²) in [7, 11) is 0. The Kier molecular flexibility index (Phi) is 4.94. The zero-order valence-electron chi connectivity index (χ0n) is 15.1. The summed E-state index contributed by atoms with van der Waals surface area (Å²) in [6, 6.07) is 11.4. The van der Waals surface area contributed by atoms with Crippen molar-refractivity contribution in [2.24, 2.45) is 0 Å². The first-order valence-electron chi connectivity index (χ1n) is 8.96. The fourth-order valence-corrected chi connectivity index (χ4v) is 4.01. The van der Waals surface area contributed by atoms with E-state index < -0.39 is 0 Å². The van der Waals surface area contributed by atoms with Crippen molar-refractivity contribution in [1.29, 1.82) is 0 Å². The molecule has 0 aliphatic carbocycles. The molecule has 6 nitrogen and oxygen atoms in total. The minimum atomic E-state index is -0.321. The van der Waals surface area contributed by atoms with Crippen molar-refractivity contribution in [3.63, 3.8) is 0 Å². The van der Waals surface area contributed by atoms with Gasteiger partial charge in [0.15, 0.2) is 12.4 Å². The number of benzene rings is 1. The predicted octanol–water partition coefficient (Wildman–Crippen LogP) is 3.90. The summed E-state index contributed by atoms with van der Waals surface area (Å²) in [6.45, 7) is 3.66. The highest BCUT2D eigenvalue weighted by Crippen LogP contribution is 2.32. The van der Waals surface area contributed by atoms with Crippen LogP contribution in [0.4, 0.5) is 0 Å². The minimum absolute atomic E-state index is 0.0679. The average molecular weight is 383 g/mol. The maximum Gasteiger partial charge on any atom is 0.264 e. The molecule has 2 aromatic heterocycles. The summed E-state index contributed by atoms with van der Waals surface area (Å²) in [5.41, 5.74) is 0.424. The van der Waals surface area contributed by atoms with Crippen LogP contribution in [0.1, 0.15) is 41.8 Å². The number of rotatable bonds is 5. The Morgan fingerprint density at radius 3 is 2.96 bits per heavy atom. The normalized spacial score (nSPS) is 19.8. The molecule has 1 atom stereocenters. The second-order valence-electron chi connectivity index (χ2n) is 7.02. The van der Waals surface area contributed by atoms with Crippen molar-refractivity contribution in [2.75, 3.05) is 13.1 Å². The fourth-order valence-electron chi connectivity index (χ4n) is 3.38. The summed E-state index contributed by atoms with van der Waals surface area (Å²) >= 11 is 1.53. The summed E-state index contributed by atoms with van der Waals surface area (Å²) in [5, 5.41) is 7.99. The summed E-state index contributed by atoms with van der Waals surface area (Å²) < 4.78 is 11.1. The molecule has 0 N–H and O–H groups in total. The Hall–Kier alpha value is -2.67. The smallest absolute Gasteiger partial charge is 0.264 e. The number of likely N-dealkylation sites (tertiary alicyclic amines) is 1. The zero-order chi connectivity index (χ0) is 18.7. The van der Waals surface area contributed by atoms with Crippen LogP contribution < -0.4 is 4.74 Å². The lowest BCUT2D eigenvalue weighted by molar-refractivity contribution is 0.0642. The summed E-state index contributed by atoms with van der Waals surface area (Å²) in [5.74, 6) is 1.90. The van der Waals surface area contributed by atoms with Crippen LogP contribution in [0.2, 0.25) is 0 Å². The molecule has 1 aliphatic rings. The van der Waals surface area contributed by atoms with Crippen LogP contribution in [0.25, 0.3) is 0 Å². The molecule has 1 amide bonds. The highest BCUT2D eigenvalue weighted by molar-refractivity contribution is 7.08. The van der Waals surface area contributed by atoms with Crippen molar-refractivity contribution in [2.45, 2.75) is 31.8 Å². The van der Waals surface area contributed by atoms with Gasteiger partial charge >= 0.3 is 0 Å². The Balaban J connectivity index is 1.44. The largest absolute Gasteiger partial charge is 0.484 e. The highest BCUT2D eigenvalue weighted by Gasteiger charge is 2.38. The molecule has 0 radical (unpaired) electrons. The average Bonchev–Trinajstić information content (AvgIpc) is 3.39. The molecule has 4 rings (SSSR count). The molecule has 7 heteroatoms. The van der Waals surface area contributed by atoms with Gasteiger partial charge in [0.1, 0.15) is 5.75 Å². The molecule has 0 bridgehead atoms. The third kappa shape index (κ3) is 3.88. The third-order valence-corrected chi connectivity index (χ3v) is 5.55. The van der Waals surface area contributed by atoms with Crippen LogP contribution in [-0.4, -0.2) is 34.0 Å². The van der Waals surface area contributed by atoms with Gasteiger partial charge in [-0.3, -0.25) is 4.79 Å². The van der Waals surface area contributed by atoms with E-state index in [0.717, 1.165) is 30.7 Å².